The molecular formula is C26H33N5O. The van der Waals surface area contributed by atoms with Gasteiger partial charge < -0.3 is 9.80 Å². The number of hydrogen-bond donors (Lipinski definition) is 0. The maximum atomic E-state index is 12.8. The van der Waals surface area contributed by atoms with Crippen LogP contribution in [0.4, 0.5) is 5.95 Å². The lowest BCUT2D eigenvalue weighted by Gasteiger charge is -2.43. The summed E-state index contributed by atoms with van der Waals surface area (Å²) >= 11 is 0. The van der Waals surface area contributed by atoms with Gasteiger partial charge in [0, 0.05) is 64.0 Å². The highest BCUT2D eigenvalue weighted by atomic mass is 16.2. The van der Waals surface area contributed by atoms with Crippen molar-refractivity contribution >= 4 is 17.9 Å². The summed E-state index contributed by atoms with van der Waals surface area (Å²) in [5, 5.41) is 0. The number of aromatic nitrogens is 2. The van der Waals surface area contributed by atoms with Crippen LogP contribution in [-0.2, 0) is 17.6 Å². The summed E-state index contributed by atoms with van der Waals surface area (Å²) in [6.45, 7) is 7.71. The zero-order chi connectivity index (χ0) is 21.9. The van der Waals surface area contributed by atoms with Crippen LogP contribution in [0, 0.1) is 6.92 Å². The van der Waals surface area contributed by atoms with E-state index >= 15 is 0 Å². The third-order valence-electron chi connectivity index (χ3n) is 7.17. The van der Waals surface area contributed by atoms with Gasteiger partial charge in [0.25, 0.3) is 0 Å². The van der Waals surface area contributed by atoms with Gasteiger partial charge in [-0.2, -0.15) is 0 Å². The first-order valence-corrected chi connectivity index (χ1v) is 12.0. The number of piperazine rings is 1. The molecule has 0 unspecified atom stereocenters. The molecule has 3 heterocycles. The van der Waals surface area contributed by atoms with E-state index < -0.39 is 0 Å². The van der Waals surface area contributed by atoms with Crippen LogP contribution in [0.1, 0.15) is 41.6 Å². The molecule has 0 N–H and O–H groups in total. The predicted octanol–water partition coefficient (Wildman–Crippen LogP) is 3.10. The Morgan fingerprint density at radius 3 is 2.62 bits per heavy atom. The van der Waals surface area contributed by atoms with E-state index in [2.05, 4.69) is 28.9 Å². The van der Waals surface area contributed by atoms with E-state index in [0.29, 0.717) is 13.1 Å². The van der Waals surface area contributed by atoms with E-state index in [1.165, 1.54) is 30.4 Å². The number of carbonyl (C=O) groups excluding carboxylic acids is 1. The molecule has 2 aromatic rings. The average Bonchev–Trinajstić information content (AvgIpc) is 2.99. The smallest absolute Gasteiger partial charge is 0.246 e. The van der Waals surface area contributed by atoms with E-state index in [1.54, 1.807) is 6.08 Å². The Labute approximate surface area is 191 Å². The van der Waals surface area contributed by atoms with Crippen LogP contribution < -0.4 is 4.90 Å². The number of fused-ring (bicyclic) bond motifs is 1. The Morgan fingerprint density at radius 2 is 1.88 bits per heavy atom. The van der Waals surface area contributed by atoms with E-state index in [0.717, 1.165) is 62.3 Å². The number of anilines is 1. The van der Waals surface area contributed by atoms with E-state index in [4.69, 9.17) is 9.97 Å². The van der Waals surface area contributed by atoms with Gasteiger partial charge >= 0.3 is 0 Å². The fraction of sp³-hybridized carbons (Fsp3) is 0.500. The van der Waals surface area contributed by atoms with Gasteiger partial charge in [-0.05, 0) is 43.4 Å². The number of aryl methyl sites for hydroxylation is 1. The average molecular weight is 432 g/mol. The first-order chi connectivity index (χ1) is 15.7. The first kappa shape index (κ1) is 21.1. The van der Waals surface area contributed by atoms with E-state index in [9.17, 15) is 4.79 Å². The normalized spacial score (nSPS) is 20.2. The highest BCUT2D eigenvalue weighted by Crippen LogP contribution is 2.26. The Kier molecular flexibility index (Phi) is 6.21. The fourth-order valence-electron chi connectivity index (χ4n) is 4.92. The van der Waals surface area contributed by atoms with Crippen molar-refractivity contribution < 1.29 is 4.79 Å². The number of benzene rings is 1. The maximum Gasteiger partial charge on any atom is 0.246 e. The lowest BCUT2D eigenvalue weighted by molar-refractivity contribution is -0.125. The fourth-order valence-corrected chi connectivity index (χ4v) is 4.92. The summed E-state index contributed by atoms with van der Waals surface area (Å²) in [6.07, 6.45) is 11.3. The van der Waals surface area contributed by atoms with Crippen molar-refractivity contribution in [3.8, 4) is 0 Å². The van der Waals surface area contributed by atoms with Crippen LogP contribution in [-0.4, -0.2) is 71.0 Å². The Hall–Kier alpha value is -2.73. The second-order valence-corrected chi connectivity index (χ2v) is 9.32. The van der Waals surface area contributed by atoms with Gasteiger partial charge in [-0.25, -0.2) is 9.97 Å². The zero-order valence-electron chi connectivity index (χ0n) is 19.0. The second kappa shape index (κ2) is 9.41. The molecule has 1 aromatic heterocycles. The third kappa shape index (κ3) is 4.70. The molecule has 32 heavy (non-hydrogen) atoms. The molecule has 6 nitrogen and oxygen atoms in total. The molecule has 1 amide bonds. The molecule has 0 radical (unpaired) electrons. The summed E-state index contributed by atoms with van der Waals surface area (Å²) in [6, 6.07) is 9.01. The minimum absolute atomic E-state index is 0.0691. The van der Waals surface area contributed by atoms with Crippen molar-refractivity contribution in [1.82, 2.24) is 19.8 Å². The Morgan fingerprint density at radius 1 is 1.06 bits per heavy atom. The van der Waals surface area contributed by atoms with Crippen LogP contribution in [0.25, 0.3) is 6.08 Å². The quantitative estimate of drug-likeness (QED) is 0.697. The lowest BCUT2D eigenvalue weighted by Crippen LogP contribution is -2.52. The molecule has 6 heteroatoms. The highest BCUT2D eigenvalue weighted by molar-refractivity contribution is 5.91. The summed E-state index contributed by atoms with van der Waals surface area (Å²) in [5.74, 6) is 0.927. The van der Waals surface area contributed by atoms with Crippen LogP contribution in [0.2, 0.25) is 0 Å². The van der Waals surface area contributed by atoms with Gasteiger partial charge in [0.05, 0.1) is 5.69 Å². The Balaban J connectivity index is 1.19. The number of hydrogen-bond acceptors (Lipinski definition) is 5. The van der Waals surface area contributed by atoms with Crippen molar-refractivity contribution in [2.45, 2.75) is 45.1 Å². The standard InChI is InChI=1S/C26H33N5O/c1-20-4-2-5-21(18-20)8-9-25(32)30-12-10-22-19-27-26(28-24(22)11-13-30)31-16-14-29(15-17-31)23-6-3-7-23/h2,4-5,8-9,18-19,23H,3,6-7,10-17H2,1H3/b9-8+. The summed E-state index contributed by atoms with van der Waals surface area (Å²) in [5.41, 5.74) is 4.54. The number of amides is 1. The van der Waals surface area contributed by atoms with E-state index in [1.807, 2.05) is 29.3 Å². The monoisotopic (exact) mass is 431 g/mol. The lowest BCUT2D eigenvalue weighted by atomic mass is 9.91. The van der Waals surface area contributed by atoms with Crippen molar-refractivity contribution in [2.75, 3.05) is 44.2 Å². The molecule has 1 saturated heterocycles. The minimum atomic E-state index is 0.0691. The zero-order valence-corrected chi connectivity index (χ0v) is 19.0. The number of rotatable bonds is 4. The van der Waals surface area contributed by atoms with Gasteiger partial charge in [0.1, 0.15) is 0 Å². The molecule has 168 valence electrons. The molecule has 1 saturated carbocycles. The minimum Gasteiger partial charge on any atom is -0.338 e. The van der Waals surface area contributed by atoms with Gasteiger partial charge in [0.2, 0.25) is 11.9 Å². The second-order valence-electron chi connectivity index (χ2n) is 9.32. The largest absolute Gasteiger partial charge is 0.338 e. The molecule has 0 spiro atoms. The van der Waals surface area contributed by atoms with Crippen molar-refractivity contribution in [3.05, 3.63) is 58.9 Å². The Bertz CT molecular complexity index is 991. The van der Waals surface area contributed by atoms with Crippen molar-refractivity contribution in [1.29, 1.82) is 0 Å². The van der Waals surface area contributed by atoms with E-state index in [-0.39, 0.29) is 5.91 Å². The topological polar surface area (TPSA) is 52.6 Å². The van der Waals surface area contributed by atoms with Crippen molar-refractivity contribution in [3.63, 3.8) is 0 Å². The van der Waals surface area contributed by atoms with Gasteiger partial charge in [-0.1, -0.05) is 36.2 Å². The molecule has 2 aliphatic heterocycles. The highest BCUT2D eigenvalue weighted by Gasteiger charge is 2.29. The van der Waals surface area contributed by atoms with Gasteiger partial charge in [0.15, 0.2) is 0 Å². The molecule has 5 rings (SSSR count). The number of nitrogens with zero attached hydrogens (tertiary/aromatic N) is 5. The van der Waals surface area contributed by atoms with Crippen LogP contribution in [0.15, 0.2) is 36.5 Å². The van der Waals surface area contributed by atoms with Crippen LogP contribution in [0.5, 0.6) is 0 Å². The SMILES string of the molecule is Cc1cccc(/C=C/C(=O)N2CCc3cnc(N4CCN(C5CCC5)CC4)nc3CC2)c1. The maximum absolute atomic E-state index is 12.8. The third-order valence-corrected chi connectivity index (χ3v) is 7.17. The molecule has 3 aliphatic rings. The summed E-state index contributed by atoms with van der Waals surface area (Å²) < 4.78 is 0. The summed E-state index contributed by atoms with van der Waals surface area (Å²) in [7, 11) is 0. The molecule has 1 aliphatic carbocycles. The molecule has 1 aromatic carbocycles. The van der Waals surface area contributed by atoms with Gasteiger partial charge in [-0.15, -0.1) is 0 Å². The molecule has 0 atom stereocenters. The number of carbonyl (C=O) groups is 1. The predicted molar refractivity (Wildman–Crippen MR) is 128 cm³/mol. The summed E-state index contributed by atoms with van der Waals surface area (Å²) in [4.78, 5) is 29.3. The van der Waals surface area contributed by atoms with Crippen molar-refractivity contribution in [2.24, 2.45) is 0 Å². The van der Waals surface area contributed by atoms with Crippen LogP contribution in [0.3, 0.4) is 0 Å². The van der Waals surface area contributed by atoms with Gasteiger partial charge in [-0.3, -0.25) is 9.69 Å². The molecule has 2 fully saturated rings. The molecular weight excluding hydrogens is 398 g/mol. The van der Waals surface area contributed by atoms with Crippen LogP contribution >= 0.6 is 0 Å². The molecule has 0 bridgehead atoms. The first-order valence-electron chi connectivity index (χ1n) is 12.0.